The highest BCUT2D eigenvalue weighted by Gasteiger charge is 2.25. The Bertz CT molecular complexity index is 560. The average molecular weight is 286 g/mol. The molecule has 2 amide bonds. The smallest absolute Gasteiger partial charge is 0.226 e. The molecule has 1 aliphatic heterocycles. The zero-order valence-electron chi connectivity index (χ0n) is 12.3. The third-order valence-electron chi connectivity index (χ3n) is 4.77. The highest BCUT2D eigenvalue weighted by molar-refractivity contribution is 5.80. The Kier molecular flexibility index (Phi) is 3.95. The van der Waals surface area contributed by atoms with Crippen LogP contribution in [0.4, 0.5) is 0 Å². The Balaban J connectivity index is 1.58. The van der Waals surface area contributed by atoms with E-state index in [1.165, 1.54) is 24.0 Å². The first-order valence-electron chi connectivity index (χ1n) is 7.81. The Morgan fingerprint density at radius 1 is 1.14 bits per heavy atom. The van der Waals surface area contributed by atoms with Gasteiger partial charge in [-0.15, -0.1) is 0 Å². The minimum Gasteiger partial charge on any atom is -0.369 e. The minimum absolute atomic E-state index is 0.0611. The third-order valence-corrected chi connectivity index (χ3v) is 4.77. The van der Waals surface area contributed by atoms with Gasteiger partial charge in [0.2, 0.25) is 11.8 Å². The first kappa shape index (κ1) is 14.1. The number of benzene rings is 1. The van der Waals surface area contributed by atoms with Crippen molar-refractivity contribution in [3.05, 3.63) is 34.9 Å². The van der Waals surface area contributed by atoms with Crippen LogP contribution in [0, 0.1) is 5.92 Å². The van der Waals surface area contributed by atoms with Gasteiger partial charge in [-0.05, 0) is 48.8 Å². The number of primary amides is 1. The van der Waals surface area contributed by atoms with Crippen LogP contribution in [0.25, 0.3) is 0 Å². The van der Waals surface area contributed by atoms with E-state index in [2.05, 4.69) is 18.2 Å². The van der Waals surface area contributed by atoms with E-state index < -0.39 is 0 Å². The summed E-state index contributed by atoms with van der Waals surface area (Å²) in [5, 5.41) is 0. The monoisotopic (exact) mass is 286 g/mol. The van der Waals surface area contributed by atoms with Gasteiger partial charge in [-0.3, -0.25) is 9.59 Å². The molecular weight excluding hydrogens is 264 g/mol. The molecule has 1 fully saturated rings. The lowest BCUT2D eigenvalue weighted by atomic mass is 9.95. The van der Waals surface area contributed by atoms with E-state index in [4.69, 9.17) is 5.73 Å². The van der Waals surface area contributed by atoms with Crippen LogP contribution in [0.15, 0.2) is 18.2 Å². The standard InChI is InChI=1S/C17H22N2O2/c18-17(21)14-6-8-19(9-7-14)16(20)11-12-4-5-13-2-1-3-15(13)10-12/h4-5,10,14H,1-3,6-9,11H2,(H2,18,21). The van der Waals surface area contributed by atoms with E-state index in [0.29, 0.717) is 32.4 Å². The summed E-state index contributed by atoms with van der Waals surface area (Å²) >= 11 is 0. The molecule has 0 unspecified atom stereocenters. The zero-order valence-corrected chi connectivity index (χ0v) is 12.3. The summed E-state index contributed by atoms with van der Waals surface area (Å²) in [5.74, 6) is -0.134. The second kappa shape index (κ2) is 5.88. The molecule has 0 spiro atoms. The van der Waals surface area contributed by atoms with Crippen LogP contribution in [0.1, 0.15) is 36.0 Å². The Morgan fingerprint density at radius 3 is 2.57 bits per heavy atom. The Morgan fingerprint density at radius 2 is 1.86 bits per heavy atom. The lowest BCUT2D eigenvalue weighted by Gasteiger charge is -2.30. The minimum atomic E-state index is -0.235. The van der Waals surface area contributed by atoms with Gasteiger partial charge in [-0.25, -0.2) is 0 Å². The van der Waals surface area contributed by atoms with Crippen LogP contribution in [-0.2, 0) is 28.9 Å². The highest BCUT2D eigenvalue weighted by Crippen LogP contribution is 2.23. The van der Waals surface area contributed by atoms with Gasteiger partial charge in [0.15, 0.2) is 0 Å². The van der Waals surface area contributed by atoms with Crippen LogP contribution >= 0.6 is 0 Å². The molecule has 4 nitrogen and oxygen atoms in total. The number of fused-ring (bicyclic) bond motifs is 1. The third kappa shape index (κ3) is 3.09. The van der Waals surface area contributed by atoms with Crippen molar-refractivity contribution >= 4 is 11.8 Å². The first-order chi connectivity index (χ1) is 10.1. The normalized spacial score (nSPS) is 18.6. The molecule has 4 heteroatoms. The molecule has 21 heavy (non-hydrogen) atoms. The molecule has 0 radical (unpaired) electrons. The number of nitrogens with two attached hydrogens (primary N) is 1. The molecular formula is C17H22N2O2. The predicted molar refractivity (Wildman–Crippen MR) is 80.7 cm³/mol. The zero-order chi connectivity index (χ0) is 14.8. The van der Waals surface area contributed by atoms with Crippen molar-refractivity contribution < 1.29 is 9.59 Å². The van der Waals surface area contributed by atoms with Crippen LogP contribution in [-0.4, -0.2) is 29.8 Å². The molecule has 112 valence electrons. The fourth-order valence-electron chi connectivity index (χ4n) is 3.43. The molecule has 1 aromatic rings. The summed E-state index contributed by atoms with van der Waals surface area (Å²) in [6.45, 7) is 1.30. The molecule has 1 saturated heterocycles. The number of hydrogen-bond acceptors (Lipinski definition) is 2. The lowest BCUT2D eigenvalue weighted by Crippen LogP contribution is -2.42. The summed E-state index contributed by atoms with van der Waals surface area (Å²) in [4.78, 5) is 25.4. The quantitative estimate of drug-likeness (QED) is 0.914. The second-order valence-corrected chi connectivity index (χ2v) is 6.19. The summed E-state index contributed by atoms with van der Waals surface area (Å²) in [6, 6.07) is 6.44. The molecule has 2 aliphatic rings. The lowest BCUT2D eigenvalue weighted by molar-refractivity contribution is -0.134. The maximum Gasteiger partial charge on any atom is 0.226 e. The summed E-state index contributed by atoms with van der Waals surface area (Å²) in [6.07, 6.45) is 5.41. The molecule has 0 aromatic heterocycles. The van der Waals surface area contributed by atoms with Crippen molar-refractivity contribution in [2.45, 2.75) is 38.5 Å². The summed E-state index contributed by atoms with van der Waals surface area (Å²) in [5.41, 5.74) is 9.28. The van der Waals surface area contributed by atoms with Gasteiger partial charge in [0.1, 0.15) is 0 Å². The van der Waals surface area contributed by atoms with E-state index in [1.807, 2.05) is 4.90 Å². The van der Waals surface area contributed by atoms with Crippen LogP contribution in [0.3, 0.4) is 0 Å². The van der Waals surface area contributed by atoms with Crippen LogP contribution < -0.4 is 5.73 Å². The van der Waals surface area contributed by atoms with Crippen molar-refractivity contribution in [1.82, 2.24) is 4.90 Å². The maximum atomic E-state index is 12.4. The number of hydrogen-bond donors (Lipinski definition) is 1. The molecule has 1 aromatic carbocycles. The van der Waals surface area contributed by atoms with Crippen molar-refractivity contribution in [2.75, 3.05) is 13.1 Å². The molecule has 0 atom stereocenters. The van der Waals surface area contributed by atoms with Crippen LogP contribution in [0.2, 0.25) is 0 Å². The van der Waals surface area contributed by atoms with E-state index in [1.54, 1.807) is 0 Å². The van der Waals surface area contributed by atoms with Gasteiger partial charge >= 0.3 is 0 Å². The number of aryl methyl sites for hydroxylation is 2. The van der Waals surface area contributed by atoms with E-state index in [9.17, 15) is 9.59 Å². The fourth-order valence-corrected chi connectivity index (χ4v) is 3.43. The van der Waals surface area contributed by atoms with Crippen molar-refractivity contribution in [3.8, 4) is 0 Å². The molecule has 3 rings (SSSR count). The molecule has 0 saturated carbocycles. The first-order valence-corrected chi connectivity index (χ1v) is 7.81. The van der Waals surface area contributed by atoms with E-state index in [0.717, 1.165) is 12.0 Å². The van der Waals surface area contributed by atoms with E-state index >= 15 is 0 Å². The van der Waals surface area contributed by atoms with Gasteiger partial charge in [-0.1, -0.05) is 18.2 Å². The average Bonchev–Trinajstić information content (AvgIpc) is 2.95. The number of amides is 2. The summed E-state index contributed by atoms with van der Waals surface area (Å²) < 4.78 is 0. The summed E-state index contributed by atoms with van der Waals surface area (Å²) in [7, 11) is 0. The van der Waals surface area contributed by atoms with Gasteiger partial charge in [0, 0.05) is 19.0 Å². The van der Waals surface area contributed by atoms with Gasteiger partial charge in [0.05, 0.1) is 6.42 Å². The number of nitrogens with zero attached hydrogens (tertiary/aromatic N) is 1. The number of piperidine rings is 1. The van der Waals surface area contributed by atoms with Crippen molar-refractivity contribution in [3.63, 3.8) is 0 Å². The van der Waals surface area contributed by atoms with Crippen molar-refractivity contribution in [2.24, 2.45) is 11.7 Å². The topological polar surface area (TPSA) is 63.4 Å². The number of rotatable bonds is 3. The maximum absolute atomic E-state index is 12.4. The Labute approximate surface area is 125 Å². The number of likely N-dealkylation sites (tertiary alicyclic amines) is 1. The molecule has 0 bridgehead atoms. The second-order valence-electron chi connectivity index (χ2n) is 6.19. The predicted octanol–water partition coefficient (Wildman–Crippen LogP) is 1.44. The van der Waals surface area contributed by atoms with Gasteiger partial charge in [0.25, 0.3) is 0 Å². The Hall–Kier alpha value is -1.84. The molecule has 1 aliphatic carbocycles. The fraction of sp³-hybridized carbons (Fsp3) is 0.529. The molecule has 2 N–H and O–H groups in total. The molecule has 1 heterocycles. The largest absolute Gasteiger partial charge is 0.369 e. The van der Waals surface area contributed by atoms with E-state index in [-0.39, 0.29) is 17.7 Å². The highest BCUT2D eigenvalue weighted by atomic mass is 16.2. The SMILES string of the molecule is NC(=O)C1CCN(C(=O)Cc2ccc3c(c2)CCC3)CC1. The van der Waals surface area contributed by atoms with Crippen molar-refractivity contribution in [1.29, 1.82) is 0 Å². The van der Waals surface area contributed by atoms with Gasteiger partial charge < -0.3 is 10.6 Å². The van der Waals surface area contributed by atoms with Crippen LogP contribution in [0.5, 0.6) is 0 Å². The number of carbonyl (C=O) groups excluding carboxylic acids is 2. The number of carbonyl (C=O) groups is 2. The van der Waals surface area contributed by atoms with Gasteiger partial charge in [-0.2, -0.15) is 0 Å².